The van der Waals surface area contributed by atoms with E-state index < -0.39 is 11.6 Å². The Hall–Kier alpha value is -5.60. The van der Waals surface area contributed by atoms with Crippen LogP contribution in [-0.4, -0.2) is 91.2 Å². The molecule has 2 aromatic carbocycles. The second-order valence-electron chi connectivity index (χ2n) is 16.3. The molecule has 2 aliphatic rings. The number of rotatable bonds is 13. The molecule has 8 rings (SSSR count). The zero-order valence-electron chi connectivity index (χ0n) is 33.0. The molecule has 58 heavy (non-hydrogen) atoms. The van der Waals surface area contributed by atoms with Gasteiger partial charge in [0.05, 0.1) is 11.0 Å². The number of hydrogen-bond donors (Lipinski definition) is 4. The third-order valence-electron chi connectivity index (χ3n) is 11.5. The Morgan fingerprint density at radius 1 is 0.741 bits per heavy atom. The largest absolute Gasteiger partial charge is 0.307 e. The number of pyridine rings is 2. The Morgan fingerprint density at radius 2 is 1.38 bits per heavy atom. The first-order valence-electron chi connectivity index (χ1n) is 20.4. The van der Waals surface area contributed by atoms with Gasteiger partial charge in [-0.15, -0.1) is 0 Å². The summed E-state index contributed by atoms with van der Waals surface area (Å²) in [5.74, 6) is -1.47. The number of likely N-dealkylation sites (tertiary alicyclic amines) is 2. The minimum absolute atomic E-state index is 0.0367. The molecule has 0 saturated carbocycles. The highest BCUT2D eigenvalue weighted by Crippen LogP contribution is 2.33. The summed E-state index contributed by atoms with van der Waals surface area (Å²) in [5.41, 5.74) is 4.36. The number of aromatic amines is 2. The van der Waals surface area contributed by atoms with E-state index in [1.54, 1.807) is 18.5 Å². The lowest BCUT2D eigenvalue weighted by molar-refractivity contribution is -0.118. The van der Waals surface area contributed by atoms with E-state index in [1.807, 2.05) is 43.3 Å². The van der Waals surface area contributed by atoms with Gasteiger partial charge in [0.2, 0.25) is 11.8 Å². The van der Waals surface area contributed by atoms with Gasteiger partial charge in [0.15, 0.2) is 23.3 Å². The fourth-order valence-electron chi connectivity index (χ4n) is 8.61. The topological polar surface area (TPSA) is 148 Å². The van der Waals surface area contributed by atoms with Crippen LogP contribution in [0.3, 0.4) is 0 Å². The van der Waals surface area contributed by atoms with Gasteiger partial charge in [-0.2, -0.15) is 10.2 Å². The quantitative estimate of drug-likeness (QED) is 0.0918. The Balaban J connectivity index is 0.837. The number of halogens is 2. The smallest absolute Gasteiger partial charge is 0.225 e. The average molecular weight is 789 g/mol. The molecule has 6 aromatic rings. The van der Waals surface area contributed by atoms with E-state index in [9.17, 15) is 9.59 Å². The molecule has 0 bridgehead atoms. The number of piperidine rings is 2. The van der Waals surface area contributed by atoms with Crippen molar-refractivity contribution in [1.29, 1.82) is 0 Å². The predicted octanol–water partition coefficient (Wildman–Crippen LogP) is 8.14. The molecular formula is C44H50F2N10O2. The van der Waals surface area contributed by atoms with Crippen LogP contribution in [0.4, 0.5) is 20.4 Å². The van der Waals surface area contributed by atoms with Gasteiger partial charge in [-0.1, -0.05) is 44.5 Å². The highest BCUT2D eigenvalue weighted by Gasteiger charge is 2.25. The van der Waals surface area contributed by atoms with Crippen molar-refractivity contribution in [3.63, 3.8) is 0 Å². The van der Waals surface area contributed by atoms with Crippen molar-refractivity contribution >= 4 is 45.3 Å². The number of fused-ring (bicyclic) bond motifs is 2. The number of benzene rings is 2. The molecule has 14 heteroatoms. The van der Waals surface area contributed by atoms with Gasteiger partial charge in [-0.25, -0.2) is 8.78 Å². The number of amides is 2. The molecule has 4 N–H and O–H groups in total. The fraction of sp³-hybridized carbons (Fsp3) is 0.409. The lowest BCUT2D eigenvalue weighted by Gasteiger charge is -2.34. The number of aromatic nitrogens is 6. The van der Waals surface area contributed by atoms with Crippen molar-refractivity contribution in [2.24, 2.45) is 11.8 Å². The summed E-state index contributed by atoms with van der Waals surface area (Å²) in [5, 5.41) is 20.7. The van der Waals surface area contributed by atoms with Crippen LogP contribution >= 0.6 is 0 Å². The zero-order valence-corrected chi connectivity index (χ0v) is 33.0. The van der Waals surface area contributed by atoms with E-state index in [1.165, 1.54) is 24.8 Å². The Labute approximate surface area is 336 Å². The molecule has 0 radical (unpaired) electrons. The minimum Gasteiger partial charge on any atom is -0.307 e. The third-order valence-corrected chi connectivity index (χ3v) is 11.5. The van der Waals surface area contributed by atoms with Crippen molar-refractivity contribution in [2.45, 2.75) is 64.7 Å². The molecule has 0 spiro atoms. The monoisotopic (exact) mass is 788 g/mol. The summed E-state index contributed by atoms with van der Waals surface area (Å²) < 4.78 is 30.9. The zero-order chi connectivity index (χ0) is 40.2. The maximum absolute atomic E-state index is 15.5. The average Bonchev–Trinajstić information content (AvgIpc) is 3.77. The van der Waals surface area contributed by atoms with Gasteiger partial charge in [-0.05, 0) is 99.0 Å². The fourth-order valence-corrected chi connectivity index (χ4v) is 8.61. The normalized spacial score (nSPS) is 17.7. The number of nitrogens with zero attached hydrogens (tertiary/aromatic N) is 6. The molecule has 12 nitrogen and oxygen atoms in total. The van der Waals surface area contributed by atoms with Crippen molar-refractivity contribution < 1.29 is 18.4 Å². The number of nitrogens with one attached hydrogen (secondary N) is 4. The van der Waals surface area contributed by atoms with Gasteiger partial charge < -0.3 is 20.4 Å². The number of carbonyl (C=O) groups is 2. The number of anilines is 2. The highest BCUT2D eigenvalue weighted by molar-refractivity contribution is 5.92. The van der Waals surface area contributed by atoms with Crippen LogP contribution < -0.4 is 10.6 Å². The van der Waals surface area contributed by atoms with E-state index in [2.05, 4.69) is 69.9 Å². The molecule has 3 unspecified atom stereocenters. The Kier molecular flexibility index (Phi) is 11.8. The minimum atomic E-state index is -0.610. The van der Waals surface area contributed by atoms with E-state index in [0.29, 0.717) is 23.5 Å². The first-order valence-corrected chi connectivity index (χ1v) is 20.4. The SMILES string of the molecule is CC(CC(=O)Nc1n[nH]c(-c2cnc3cc(C4CCCN(CC(C)CC(=O)Nc5n[nH]c(-c6ccc7ncccc7c6)c5F)C4)ccc3c2)c1F)CN1CCCCC1. The maximum atomic E-state index is 15.5. The Morgan fingerprint density at radius 3 is 2.10 bits per heavy atom. The molecule has 2 fully saturated rings. The van der Waals surface area contributed by atoms with Crippen molar-refractivity contribution in [2.75, 3.05) is 49.9 Å². The van der Waals surface area contributed by atoms with Crippen LogP contribution in [0.1, 0.15) is 70.3 Å². The Bertz CT molecular complexity index is 2410. The molecule has 302 valence electrons. The first kappa shape index (κ1) is 39.2. The second kappa shape index (κ2) is 17.5. The van der Waals surface area contributed by atoms with Crippen LogP contribution in [-0.2, 0) is 9.59 Å². The van der Waals surface area contributed by atoms with Crippen molar-refractivity contribution in [3.05, 3.63) is 84.2 Å². The van der Waals surface area contributed by atoms with Gasteiger partial charge in [0.25, 0.3) is 0 Å². The van der Waals surface area contributed by atoms with Crippen molar-refractivity contribution in [3.8, 4) is 22.5 Å². The first-order chi connectivity index (χ1) is 28.2. The lowest BCUT2D eigenvalue weighted by Crippen LogP contribution is -2.38. The van der Waals surface area contributed by atoms with E-state index in [-0.39, 0.29) is 53.1 Å². The highest BCUT2D eigenvalue weighted by atomic mass is 19.1. The van der Waals surface area contributed by atoms with Gasteiger partial charge in [0, 0.05) is 66.8 Å². The molecule has 2 aliphatic heterocycles. The van der Waals surface area contributed by atoms with Gasteiger partial charge in [-0.3, -0.25) is 29.8 Å². The summed E-state index contributed by atoms with van der Waals surface area (Å²) in [4.78, 5) is 39.6. The summed E-state index contributed by atoms with van der Waals surface area (Å²) in [7, 11) is 0. The van der Waals surface area contributed by atoms with E-state index >= 15 is 8.78 Å². The third kappa shape index (κ3) is 9.08. The van der Waals surface area contributed by atoms with E-state index in [4.69, 9.17) is 0 Å². The summed E-state index contributed by atoms with van der Waals surface area (Å²) in [6.45, 7) is 9.60. The number of hydrogen-bond acceptors (Lipinski definition) is 8. The number of H-pyrrole nitrogens is 2. The summed E-state index contributed by atoms with van der Waals surface area (Å²) in [6, 6.07) is 17.3. The molecule has 4 aromatic heterocycles. The molecule has 3 atom stereocenters. The lowest BCUT2D eigenvalue weighted by atomic mass is 9.89. The number of carbonyl (C=O) groups excluding carboxylic acids is 2. The molecule has 6 heterocycles. The molecular weight excluding hydrogens is 739 g/mol. The van der Waals surface area contributed by atoms with Crippen LogP contribution in [0.2, 0.25) is 0 Å². The van der Waals surface area contributed by atoms with Crippen LogP contribution in [0, 0.1) is 23.5 Å². The maximum Gasteiger partial charge on any atom is 0.225 e. The van der Waals surface area contributed by atoms with E-state index in [0.717, 1.165) is 73.9 Å². The summed E-state index contributed by atoms with van der Waals surface area (Å²) in [6.07, 6.45) is 9.59. The molecule has 2 saturated heterocycles. The van der Waals surface area contributed by atoms with Gasteiger partial charge in [0.1, 0.15) is 11.4 Å². The predicted molar refractivity (Wildman–Crippen MR) is 222 cm³/mol. The molecule has 2 amide bonds. The van der Waals surface area contributed by atoms with Crippen LogP contribution in [0.15, 0.2) is 67.0 Å². The molecule has 0 aliphatic carbocycles. The van der Waals surface area contributed by atoms with Gasteiger partial charge >= 0.3 is 0 Å². The standard InChI is InChI=1S/C44H50F2N10O2/c1-27(24-55-15-4-3-5-16-55)18-37(57)50-44-40(46)42(52-54-44)34-21-31-11-10-29(22-36(31)48-23-34)33-9-7-17-56(26-33)25-28(2)19-38(58)49-43-39(45)41(51-53-43)32-12-13-35-30(20-32)8-6-14-47-35/h6,8,10-14,20-23,27-28,33H,3-5,7,9,15-19,24-26H2,1-2H3,(H2,49,51,53,58)(H2,50,52,54,57). The summed E-state index contributed by atoms with van der Waals surface area (Å²) >= 11 is 0. The van der Waals surface area contributed by atoms with Crippen LogP contribution in [0.25, 0.3) is 44.3 Å². The second-order valence-corrected chi connectivity index (χ2v) is 16.3. The van der Waals surface area contributed by atoms with Crippen LogP contribution in [0.5, 0.6) is 0 Å². The van der Waals surface area contributed by atoms with Crippen molar-refractivity contribution in [1.82, 2.24) is 40.2 Å².